The summed E-state index contributed by atoms with van der Waals surface area (Å²) in [5.41, 5.74) is 1.91. The van der Waals surface area contributed by atoms with Gasteiger partial charge >= 0.3 is 12.4 Å². The van der Waals surface area contributed by atoms with Crippen molar-refractivity contribution in [1.82, 2.24) is 9.78 Å². The number of carbonyl (C=O) groups is 1. The molecule has 0 atom stereocenters. The first-order chi connectivity index (χ1) is 12.8. The Labute approximate surface area is 152 Å². The van der Waals surface area contributed by atoms with E-state index in [2.05, 4.69) is 20.5 Å². The fraction of sp³-hybridized carbons (Fsp3) is 0.111. The van der Waals surface area contributed by atoms with Crippen LogP contribution in [0.4, 0.5) is 29.5 Å². The molecule has 1 aromatic heterocycles. The van der Waals surface area contributed by atoms with Crippen molar-refractivity contribution in [3.63, 3.8) is 0 Å². The Balaban J connectivity index is 1.64. The summed E-state index contributed by atoms with van der Waals surface area (Å²) in [5.74, 6) is 0.0935. The van der Waals surface area contributed by atoms with E-state index in [0.717, 1.165) is 17.7 Å². The van der Waals surface area contributed by atoms with E-state index in [1.165, 1.54) is 16.8 Å². The highest BCUT2D eigenvalue weighted by Crippen LogP contribution is 2.24. The number of alkyl halides is 3. The molecule has 1 heterocycles. The molecular formula is C18H15F3N4O2. The number of hydrogen-bond acceptors (Lipinski definition) is 3. The lowest BCUT2D eigenvalue weighted by atomic mass is 10.2. The number of amides is 2. The number of ether oxygens (including phenoxy) is 1. The largest absolute Gasteiger partial charge is 0.573 e. The van der Waals surface area contributed by atoms with Gasteiger partial charge in [-0.2, -0.15) is 5.10 Å². The third-order valence-corrected chi connectivity index (χ3v) is 3.54. The minimum Gasteiger partial charge on any atom is -0.406 e. The summed E-state index contributed by atoms with van der Waals surface area (Å²) >= 11 is 0. The summed E-state index contributed by atoms with van der Waals surface area (Å²) < 4.78 is 41.7. The second-order valence-electron chi connectivity index (χ2n) is 5.56. The molecule has 27 heavy (non-hydrogen) atoms. The van der Waals surface area contributed by atoms with Gasteiger partial charge in [0, 0.05) is 24.4 Å². The average Bonchev–Trinajstić information content (AvgIpc) is 2.97. The Kier molecular flexibility index (Phi) is 5.02. The number of urea groups is 1. The van der Waals surface area contributed by atoms with Crippen LogP contribution in [0.2, 0.25) is 0 Å². The second-order valence-corrected chi connectivity index (χ2v) is 5.56. The number of aromatic nitrogens is 2. The lowest BCUT2D eigenvalue weighted by Gasteiger charge is -2.10. The molecule has 0 bridgehead atoms. The van der Waals surface area contributed by atoms with Crippen molar-refractivity contribution in [3.05, 3.63) is 60.7 Å². The quantitative estimate of drug-likeness (QED) is 0.698. The van der Waals surface area contributed by atoms with Gasteiger partial charge in [0.1, 0.15) is 11.6 Å². The highest BCUT2D eigenvalue weighted by atomic mass is 19.4. The molecule has 0 fully saturated rings. The summed E-state index contributed by atoms with van der Waals surface area (Å²) in [6.45, 7) is 0. The zero-order valence-electron chi connectivity index (χ0n) is 14.1. The van der Waals surface area contributed by atoms with Crippen LogP contribution in [0, 0.1) is 0 Å². The van der Waals surface area contributed by atoms with Gasteiger partial charge in [0.2, 0.25) is 0 Å². The maximum absolute atomic E-state index is 12.1. The Morgan fingerprint density at radius 1 is 1.04 bits per heavy atom. The van der Waals surface area contributed by atoms with Gasteiger partial charge in [-0.3, -0.25) is 10.00 Å². The molecule has 6 nitrogen and oxygen atoms in total. The molecule has 0 saturated carbocycles. The van der Waals surface area contributed by atoms with Gasteiger partial charge in [0.15, 0.2) is 0 Å². The van der Waals surface area contributed by atoms with E-state index in [4.69, 9.17) is 0 Å². The fourth-order valence-corrected chi connectivity index (χ4v) is 2.35. The van der Waals surface area contributed by atoms with Gasteiger partial charge in [-0.25, -0.2) is 4.79 Å². The van der Waals surface area contributed by atoms with Crippen LogP contribution in [0.3, 0.4) is 0 Å². The summed E-state index contributed by atoms with van der Waals surface area (Å²) in [6.07, 6.45) is -4.76. The van der Waals surface area contributed by atoms with Crippen molar-refractivity contribution in [3.8, 4) is 17.0 Å². The van der Waals surface area contributed by atoms with Crippen LogP contribution in [-0.2, 0) is 7.05 Å². The molecule has 3 rings (SSSR count). The second kappa shape index (κ2) is 7.40. The summed E-state index contributed by atoms with van der Waals surface area (Å²) in [5, 5.41) is 9.51. The van der Waals surface area contributed by atoms with Crippen molar-refractivity contribution in [2.45, 2.75) is 6.36 Å². The van der Waals surface area contributed by atoms with Gasteiger partial charge in [-0.15, -0.1) is 13.2 Å². The van der Waals surface area contributed by atoms with Crippen molar-refractivity contribution < 1.29 is 22.7 Å². The first-order valence-corrected chi connectivity index (χ1v) is 7.83. The predicted octanol–water partition coefficient (Wildman–Crippen LogP) is 4.63. The van der Waals surface area contributed by atoms with E-state index >= 15 is 0 Å². The third kappa shape index (κ3) is 5.00. The first-order valence-electron chi connectivity index (χ1n) is 7.83. The van der Waals surface area contributed by atoms with Gasteiger partial charge < -0.3 is 10.1 Å². The van der Waals surface area contributed by atoms with Crippen molar-refractivity contribution in [2.24, 2.45) is 7.05 Å². The highest BCUT2D eigenvalue weighted by Gasteiger charge is 2.30. The Bertz CT molecular complexity index is 922. The summed E-state index contributed by atoms with van der Waals surface area (Å²) in [4.78, 5) is 12.1. The minimum atomic E-state index is -4.76. The molecular weight excluding hydrogens is 361 g/mol. The predicted molar refractivity (Wildman–Crippen MR) is 94.4 cm³/mol. The zero-order chi connectivity index (χ0) is 19.4. The lowest BCUT2D eigenvalue weighted by molar-refractivity contribution is -0.274. The number of halogens is 3. The molecule has 2 N–H and O–H groups in total. The molecule has 0 saturated heterocycles. The smallest absolute Gasteiger partial charge is 0.406 e. The molecule has 3 aromatic rings. The number of nitrogens with one attached hydrogen (secondary N) is 2. The SMILES string of the molecule is Cn1nc(-c2ccccc2)cc1NC(=O)Nc1ccc(OC(F)(F)F)cc1. The van der Waals surface area contributed by atoms with Crippen LogP contribution in [0.5, 0.6) is 5.75 Å². The Morgan fingerprint density at radius 3 is 2.33 bits per heavy atom. The molecule has 0 unspecified atom stereocenters. The summed E-state index contributed by atoms with van der Waals surface area (Å²) in [7, 11) is 1.69. The number of aryl methyl sites for hydroxylation is 1. The average molecular weight is 376 g/mol. The molecule has 140 valence electrons. The van der Waals surface area contributed by atoms with E-state index in [-0.39, 0.29) is 5.75 Å². The molecule has 0 aliphatic rings. The molecule has 0 aliphatic heterocycles. The number of anilines is 2. The highest BCUT2D eigenvalue weighted by molar-refractivity contribution is 5.99. The summed E-state index contributed by atoms with van der Waals surface area (Å²) in [6, 6.07) is 15.5. The van der Waals surface area contributed by atoms with E-state index in [9.17, 15) is 18.0 Å². The monoisotopic (exact) mass is 376 g/mol. The number of nitrogens with zero attached hydrogens (tertiary/aromatic N) is 2. The van der Waals surface area contributed by atoms with Gasteiger partial charge in [-0.05, 0) is 24.3 Å². The molecule has 0 radical (unpaired) electrons. The number of hydrogen-bond donors (Lipinski definition) is 2. The van der Waals surface area contributed by atoms with Crippen molar-refractivity contribution in [2.75, 3.05) is 10.6 Å². The van der Waals surface area contributed by atoms with Gasteiger partial charge in [0.25, 0.3) is 0 Å². The Morgan fingerprint density at radius 2 is 1.70 bits per heavy atom. The molecule has 2 aromatic carbocycles. The van der Waals surface area contributed by atoms with Crippen molar-refractivity contribution >= 4 is 17.5 Å². The number of rotatable bonds is 4. The first kappa shape index (κ1) is 18.3. The molecule has 0 spiro atoms. The zero-order valence-corrected chi connectivity index (χ0v) is 14.1. The normalized spacial score (nSPS) is 11.1. The molecule has 0 aliphatic carbocycles. The van der Waals surface area contributed by atoms with E-state index in [1.807, 2.05) is 30.3 Å². The number of benzene rings is 2. The van der Waals surface area contributed by atoms with E-state index in [0.29, 0.717) is 17.2 Å². The third-order valence-electron chi connectivity index (χ3n) is 3.54. The van der Waals surface area contributed by atoms with Crippen LogP contribution in [-0.4, -0.2) is 22.2 Å². The standard InChI is InChI=1S/C18H15F3N4O2/c1-25-16(11-15(24-25)12-5-3-2-4-6-12)23-17(26)22-13-7-9-14(10-8-13)27-18(19,20)21/h2-11H,1H3,(H2,22,23,26). The lowest BCUT2D eigenvalue weighted by Crippen LogP contribution is -2.21. The molecule has 9 heteroatoms. The topological polar surface area (TPSA) is 68.2 Å². The minimum absolute atomic E-state index is 0.312. The Hall–Kier alpha value is -3.49. The maximum atomic E-state index is 12.1. The van der Waals surface area contributed by atoms with E-state index in [1.54, 1.807) is 13.1 Å². The fourth-order valence-electron chi connectivity index (χ4n) is 2.35. The van der Waals surface area contributed by atoms with Crippen LogP contribution < -0.4 is 15.4 Å². The van der Waals surface area contributed by atoms with Gasteiger partial charge in [0.05, 0.1) is 5.69 Å². The maximum Gasteiger partial charge on any atom is 0.573 e. The van der Waals surface area contributed by atoms with E-state index < -0.39 is 12.4 Å². The van der Waals surface area contributed by atoms with Crippen LogP contribution in [0.15, 0.2) is 60.7 Å². The van der Waals surface area contributed by atoms with Crippen LogP contribution in [0.1, 0.15) is 0 Å². The van der Waals surface area contributed by atoms with Gasteiger partial charge in [-0.1, -0.05) is 30.3 Å². The number of carbonyl (C=O) groups excluding carboxylic acids is 1. The van der Waals surface area contributed by atoms with Crippen LogP contribution in [0.25, 0.3) is 11.3 Å². The van der Waals surface area contributed by atoms with Crippen LogP contribution >= 0.6 is 0 Å². The van der Waals surface area contributed by atoms with Crippen molar-refractivity contribution in [1.29, 1.82) is 0 Å². The molecule has 2 amide bonds.